The van der Waals surface area contributed by atoms with E-state index in [-0.39, 0.29) is 11.6 Å². The Morgan fingerprint density at radius 1 is 1.06 bits per heavy atom. The molecule has 7 nitrogen and oxygen atoms in total. The fourth-order valence-corrected chi connectivity index (χ4v) is 4.17. The molecule has 0 bridgehead atoms. The molecular weight excluding hydrogens is 436 g/mol. The maximum atomic E-state index is 12.5. The van der Waals surface area contributed by atoms with Crippen LogP contribution in [0.15, 0.2) is 82.6 Å². The molecule has 0 radical (unpaired) electrons. The Balaban J connectivity index is 1.43. The average molecular weight is 461 g/mol. The number of benzene rings is 2. The summed E-state index contributed by atoms with van der Waals surface area (Å²) in [4.78, 5) is 30.4. The Bertz CT molecular complexity index is 1340. The van der Waals surface area contributed by atoms with E-state index in [1.54, 1.807) is 28.8 Å². The van der Waals surface area contributed by atoms with Crippen LogP contribution in [0.3, 0.4) is 0 Å². The van der Waals surface area contributed by atoms with E-state index in [4.69, 9.17) is 4.74 Å². The molecule has 2 amide bonds. The SMILES string of the molecule is CCOc1ccc(NC(=O)Nc2ccccc2SCc2cc(=O)n3cc(C)ccc3n2)cc1. The van der Waals surface area contributed by atoms with E-state index in [1.165, 1.54) is 11.8 Å². The second kappa shape index (κ2) is 10.2. The van der Waals surface area contributed by atoms with Gasteiger partial charge in [-0.15, -0.1) is 11.8 Å². The first-order valence-electron chi connectivity index (χ1n) is 10.5. The van der Waals surface area contributed by atoms with Gasteiger partial charge >= 0.3 is 6.03 Å². The Labute approximate surface area is 195 Å². The third kappa shape index (κ3) is 5.72. The van der Waals surface area contributed by atoms with Gasteiger partial charge in [0.15, 0.2) is 0 Å². The predicted molar refractivity (Wildman–Crippen MR) is 132 cm³/mol. The van der Waals surface area contributed by atoms with Crippen molar-refractivity contribution in [3.63, 3.8) is 0 Å². The minimum atomic E-state index is -0.343. The Morgan fingerprint density at radius 2 is 1.85 bits per heavy atom. The van der Waals surface area contributed by atoms with Gasteiger partial charge in [0, 0.05) is 28.6 Å². The molecule has 2 aromatic carbocycles. The first-order valence-corrected chi connectivity index (χ1v) is 11.5. The van der Waals surface area contributed by atoms with Gasteiger partial charge in [-0.05, 0) is 61.9 Å². The van der Waals surface area contributed by atoms with E-state index in [0.29, 0.717) is 35.1 Å². The number of pyridine rings is 1. The van der Waals surface area contributed by atoms with Gasteiger partial charge in [0.1, 0.15) is 11.4 Å². The number of hydrogen-bond acceptors (Lipinski definition) is 5. The van der Waals surface area contributed by atoms with Gasteiger partial charge in [-0.2, -0.15) is 0 Å². The molecule has 33 heavy (non-hydrogen) atoms. The fourth-order valence-electron chi connectivity index (χ4n) is 3.27. The van der Waals surface area contributed by atoms with Crippen LogP contribution in [-0.2, 0) is 5.75 Å². The predicted octanol–water partition coefficient (Wildman–Crippen LogP) is 5.34. The molecule has 2 heterocycles. The number of hydrogen-bond donors (Lipinski definition) is 2. The summed E-state index contributed by atoms with van der Waals surface area (Å²) in [6.07, 6.45) is 1.78. The number of carbonyl (C=O) groups excluding carboxylic acids is 1. The van der Waals surface area contributed by atoms with Crippen molar-refractivity contribution in [2.24, 2.45) is 0 Å². The monoisotopic (exact) mass is 460 g/mol. The molecule has 0 aliphatic carbocycles. The average Bonchev–Trinajstić information content (AvgIpc) is 2.80. The van der Waals surface area contributed by atoms with Crippen molar-refractivity contribution in [1.82, 2.24) is 9.38 Å². The zero-order valence-electron chi connectivity index (χ0n) is 18.4. The lowest BCUT2D eigenvalue weighted by atomic mass is 10.3. The van der Waals surface area contributed by atoms with Crippen LogP contribution in [0.5, 0.6) is 5.75 Å². The van der Waals surface area contributed by atoms with Gasteiger partial charge in [-0.1, -0.05) is 18.2 Å². The van der Waals surface area contributed by atoms with E-state index < -0.39 is 0 Å². The number of urea groups is 1. The molecule has 4 rings (SSSR count). The lowest BCUT2D eigenvalue weighted by molar-refractivity contribution is 0.262. The molecule has 0 aliphatic rings. The number of thioether (sulfide) groups is 1. The van der Waals surface area contributed by atoms with Crippen molar-refractivity contribution in [2.45, 2.75) is 24.5 Å². The number of aryl methyl sites for hydroxylation is 1. The van der Waals surface area contributed by atoms with E-state index in [1.807, 2.05) is 62.4 Å². The van der Waals surface area contributed by atoms with E-state index in [0.717, 1.165) is 16.2 Å². The van der Waals surface area contributed by atoms with Crippen molar-refractivity contribution < 1.29 is 9.53 Å². The highest BCUT2D eigenvalue weighted by molar-refractivity contribution is 7.98. The first kappa shape index (κ1) is 22.4. The summed E-state index contributed by atoms with van der Waals surface area (Å²) in [6, 6.07) is 19.7. The Morgan fingerprint density at radius 3 is 2.64 bits per heavy atom. The summed E-state index contributed by atoms with van der Waals surface area (Å²) in [5, 5.41) is 5.72. The zero-order valence-corrected chi connectivity index (χ0v) is 19.2. The topological polar surface area (TPSA) is 84.7 Å². The molecule has 0 aliphatic heterocycles. The third-order valence-electron chi connectivity index (χ3n) is 4.79. The number of nitrogens with zero attached hydrogens (tertiary/aromatic N) is 2. The van der Waals surface area contributed by atoms with Crippen LogP contribution in [0.25, 0.3) is 5.65 Å². The number of fused-ring (bicyclic) bond motifs is 1. The maximum Gasteiger partial charge on any atom is 0.323 e. The molecule has 8 heteroatoms. The van der Waals surface area contributed by atoms with Gasteiger partial charge in [0.25, 0.3) is 5.56 Å². The lowest BCUT2D eigenvalue weighted by Gasteiger charge is -2.12. The smallest absolute Gasteiger partial charge is 0.323 e. The second-order valence-electron chi connectivity index (χ2n) is 7.34. The molecule has 2 N–H and O–H groups in total. The van der Waals surface area contributed by atoms with Crippen LogP contribution in [-0.4, -0.2) is 22.0 Å². The number of rotatable bonds is 7. The number of aromatic nitrogens is 2. The van der Waals surface area contributed by atoms with Crippen molar-refractivity contribution in [2.75, 3.05) is 17.2 Å². The molecule has 4 aromatic rings. The number of amides is 2. The standard InChI is InChI=1S/C25H24N4O3S/c1-3-32-20-11-9-18(10-12-20)27-25(31)28-21-6-4-5-7-22(21)33-16-19-14-24(30)29-15-17(2)8-13-23(29)26-19/h4-15H,3,16H2,1-2H3,(H2,27,28,31). The summed E-state index contributed by atoms with van der Waals surface area (Å²) >= 11 is 1.51. The Kier molecular flexibility index (Phi) is 6.95. The van der Waals surface area contributed by atoms with Crippen molar-refractivity contribution in [1.29, 1.82) is 0 Å². The van der Waals surface area contributed by atoms with Crippen molar-refractivity contribution in [3.8, 4) is 5.75 Å². The fraction of sp³-hybridized carbons (Fsp3) is 0.160. The van der Waals surface area contributed by atoms with E-state index in [2.05, 4.69) is 15.6 Å². The number of anilines is 2. The molecule has 168 valence electrons. The van der Waals surface area contributed by atoms with E-state index in [9.17, 15) is 9.59 Å². The molecular formula is C25H24N4O3S. The van der Waals surface area contributed by atoms with Crippen molar-refractivity contribution in [3.05, 3.63) is 94.5 Å². The van der Waals surface area contributed by atoms with Crippen LogP contribution < -0.4 is 20.9 Å². The Hall–Kier alpha value is -3.78. The lowest BCUT2D eigenvalue weighted by Crippen LogP contribution is -2.19. The highest BCUT2D eigenvalue weighted by Crippen LogP contribution is 2.29. The maximum absolute atomic E-state index is 12.5. The second-order valence-corrected chi connectivity index (χ2v) is 8.36. The highest BCUT2D eigenvalue weighted by Gasteiger charge is 2.09. The van der Waals surface area contributed by atoms with Crippen LogP contribution in [0, 0.1) is 6.92 Å². The minimum Gasteiger partial charge on any atom is -0.494 e. The summed E-state index contributed by atoms with van der Waals surface area (Å²) in [5.41, 5.74) is 3.53. The summed E-state index contributed by atoms with van der Waals surface area (Å²) in [5.74, 6) is 1.25. The first-order chi connectivity index (χ1) is 16.0. The van der Waals surface area contributed by atoms with Crippen molar-refractivity contribution >= 4 is 34.8 Å². The molecule has 0 unspecified atom stereocenters. The molecule has 0 fully saturated rings. The normalized spacial score (nSPS) is 10.7. The van der Waals surface area contributed by atoms with E-state index >= 15 is 0 Å². The van der Waals surface area contributed by atoms with Gasteiger partial charge < -0.3 is 15.4 Å². The van der Waals surface area contributed by atoms with Gasteiger partial charge in [0.05, 0.1) is 18.0 Å². The number of carbonyl (C=O) groups is 1. The summed E-state index contributed by atoms with van der Waals surface area (Å²) < 4.78 is 6.97. The third-order valence-corrected chi connectivity index (χ3v) is 5.90. The minimum absolute atomic E-state index is 0.111. The zero-order chi connectivity index (χ0) is 23.2. The quantitative estimate of drug-likeness (QED) is 0.364. The van der Waals surface area contributed by atoms with Crippen LogP contribution in [0.2, 0.25) is 0 Å². The highest BCUT2D eigenvalue weighted by atomic mass is 32.2. The molecule has 0 saturated carbocycles. The van der Waals surface area contributed by atoms with Gasteiger partial charge in [-0.3, -0.25) is 9.20 Å². The van der Waals surface area contributed by atoms with Crippen LogP contribution in [0.1, 0.15) is 18.2 Å². The molecule has 2 aromatic heterocycles. The number of nitrogens with one attached hydrogen (secondary N) is 2. The van der Waals surface area contributed by atoms with Gasteiger partial charge in [0.2, 0.25) is 0 Å². The molecule has 0 spiro atoms. The van der Waals surface area contributed by atoms with Gasteiger partial charge in [-0.25, -0.2) is 9.78 Å². The molecule has 0 atom stereocenters. The van der Waals surface area contributed by atoms with Crippen LogP contribution >= 0.6 is 11.8 Å². The number of ether oxygens (including phenoxy) is 1. The summed E-state index contributed by atoms with van der Waals surface area (Å²) in [6.45, 7) is 4.45. The molecule has 0 saturated heterocycles. The largest absolute Gasteiger partial charge is 0.494 e. The van der Waals surface area contributed by atoms with Crippen LogP contribution in [0.4, 0.5) is 16.2 Å². The number of para-hydroxylation sites is 1. The summed E-state index contributed by atoms with van der Waals surface area (Å²) in [7, 11) is 0.